The molecule has 0 radical (unpaired) electrons. The molecular weight excluding hydrogens is 336 g/mol. The number of benzene rings is 1. The fourth-order valence-electron chi connectivity index (χ4n) is 2.26. The van der Waals surface area contributed by atoms with Gasteiger partial charge in [0, 0.05) is 17.6 Å². The third-order valence-electron chi connectivity index (χ3n) is 3.34. The Labute approximate surface area is 129 Å². The Kier molecular flexibility index (Phi) is 4.94. The van der Waals surface area contributed by atoms with Crippen LogP contribution in [-0.4, -0.2) is 34.4 Å². The summed E-state index contributed by atoms with van der Waals surface area (Å²) >= 11 is 5.96. The van der Waals surface area contributed by atoms with Crippen LogP contribution in [0.1, 0.15) is 18.4 Å². The zero-order valence-corrected chi connectivity index (χ0v) is 13.6. The van der Waals surface area contributed by atoms with Gasteiger partial charge in [-0.15, -0.1) is 0 Å². The largest absolute Gasteiger partial charge is 0.326 e. The second-order valence-electron chi connectivity index (χ2n) is 5.03. The molecule has 9 heteroatoms. The van der Waals surface area contributed by atoms with Crippen molar-refractivity contribution < 1.29 is 16.8 Å². The minimum Gasteiger partial charge on any atom is -0.326 e. The molecule has 118 valence electrons. The number of sulfone groups is 1. The van der Waals surface area contributed by atoms with Gasteiger partial charge in [0.15, 0.2) is 9.84 Å². The molecule has 1 aromatic rings. The average molecular weight is 353 g/mol. The number of halogens is 1. The highest BCUT2D eigenvalue weighted by Crippen LogP contribution is 2.21. The number of sulfonamides is 1. The zero-order valence-electron chi connectivity index (χ0n) is 11.2. The summed E-state index contributed by atoms with van der Waals surface area (Å²) < 4.78 is 50.1. The van der Waals surface area contributed by atoms with Crippen LogP contribution >= 0.6 is 11.6 Å². The van der Waals surface area contributed by atoms with Gasteiger partial charge in [-0.2, -0.15) is 0 Å². The first-order valence-electron chi connectivity index (χ1n) is 6.45. The summed E-state index contributed by atoms with van der Waals surface area (Å²) in [6.45, 7) is 0.216. The minimum absolute atomic E-state index is 0.00710. The van der Waals surface area contributed by atoms with E-state index in [0.29, 0.717) is 18.4 Å². The molecule has 0 aromatic heterocycles. The third kappa shape index (κ3) is 4.17. The lowest BCUT2D eigenvalue weighted by molar-refractivity contribution is 0.517. The van der Waals surface area contributed by atoms with E-state index in [0.717, 1.165) is 0 Å². The molecule has 1 unspecified atom stereocenters. The van der Waals surface area contributed by atoms with Crippen LogP contribution in [0.15, 0.2) is 23.1 Å². The van der Waals surface area contributed by atoms with Crippen LogP contribution in [0.25, 0.3) is 0 Å². The van der Waals surface area contributed by atoms with Crippen LogP contribution in [0.4, 0.5) is 0 Å². The van der Waals surface area contributed by atoms with Gasteiger partial charge in [0.25, 0.3) is 0 Å². The highest BCUT2D eigenvalue weighted by Gasteiger charge is 2.28. The number of hydrogen-bond acceptors (Lipinski definition) is 5. The molecule has 0 spiro atoms. The summed E-state index contributed by atoms with van der Waals surface area (Å²) in [5.41, 5.74) is 6.12. The summed E-state index contributed by atoms with van der Waals surface area (Å²) in [4.78, 5) is 0.00710. The van der Waals surface area contributed by atoms with E-state index in [4.69, 9.17) is 17.3 Å². The topological polar surface area (TPSA) is 106 Å². The molecule has 1 fully saturated rings. The van der Waals surface area contributed by atoms with Crippen molar-refractivity contribution in [2.24, 2.45) is 5.73 Å². The lowest BCUT2D eigenvalue weighted by atomic mass is 10.2. The fraction of sp³-hybridized carbons (Fsp3) is 0.500. The molecule has 1 atom stereocenters. The van der Waals surface area contributed by atoms with E-state index >= 15 is 0 Å². The summed E-state index contributed by atoms with van der Waals surface area (Å²) in [5, 5.41) is 0.275. The molecular formula is C12H17ClN2O4S2. The van der Waals surface area contributed by atoms with Crippen molar-refractivity contribution >= 4 is 31.5 Å². The first-order valence-corrected chi connectivity index (χ1v) is 10.1. The third-order valence-corrected chi connectivity index (χ3v) is 7.03. The van der Waals surface area contributed by atoms with Crippen molar-refractivity contribution in [3.63, 3.8) is 0 Å². The first kappa shape index (κ1) is 16.7. The minimum atomic E-state index is -3.80. The lowest BCUT2D eigenvalue weighted by Crippen LogP contribution is -2.43. The Balaban J connectivity index is 2.20. The van der Waals surface area contributed by atoms with E-state index in [9.17, 15) is 16.8 Å². The molecule has 0 amide bonds. The molecule has 0 saturated carbocycles. The van der Waals surface area contributed by atoms with Gasteiger partial charge in [0.1, 0.15) is 0 Å². The van der Waals surface area contributed by atoms with Crippen molar-refractivity contribution in [2.45, 2.75) is 30.3 Å². The van der Waals surface area contributed by atoms with Crippen molar-refractivity contribution in [1.29, 1.82) is 0 Å². The summed E-state index contributed by atoms with van der Waals surface area (Å²) in [7, 11) is -6.97. The Bertz CT molecular complexity index is 732. The maximum absolute atomic E-state index is 12.3. The quantitative estimate of drug-likeness (QED) is 0.827. The summed E-state index contributed by atoms with van der Waals surface area (Å²) in [5.74, 6) is -0.0525. The normalized spacial score (nSPS) is 22.1. The van der Waals surface area contributed by atoms with Gasteiger partial charge in [-0.05, 0) is 30.5 Å². The SMILES string of the molecule is NCc1ccc(S(=O)(=O)NC2CCCS(=O)(=O)C2)cc1Cl. The number of hydrogen-bond donors (Lipinski definition) is 2. The van der Waals surface area contributed by atoms with E-state index in [2.05, 4.69) is 4.72 Å². The van der Waals surface area contributed by atoms with Gasteiger partial charge in [-0.3, -0.25) is 0 Å². The highest BCUT2D eigenvalue weighted by molar-refractivity contribution is 7.91. The molecule has 0 bridgehead atoms. The van der Waals surface area contributed by atoms with E-state index in [-0.39, 0.29) is 28.0 Å². The maximum atomic E-state index is 12.3. The molecule has 1 saturated heterocycles. The maximum Gasteiger partial charge on any atom is 0.240 e. The van der Waals surface area contributed by atoms with Crippen molar-refractivity contribution in [1.82, 2.24) is 4.72 Å². The van der Waals surface area contributed by atoms with Crippen LogP contribution in [0.2, 0.25) is 5.02 Å². The van der Waals surface area contributed by atoms with Gasteiger partial charge < -0.3 is 5.73 Å². The molecule has 21 heavy (non-hydrogen) atoms. The van der Waals surface area contributed by atoms with E-state index in [1.165, 1.54) is 12.1 Å². The van der Waals surface area contributed by atoms with Gasteiger partial charge >= 0.3 is 0 Å². The molecule has 1 aromatic carbocycles. The second kappa shape index (κ2) is 6.21. The van der Waals surface area contributed by atoms with E-state index in [1.807, 2.05) is 0 Å². The van der Waals surface area contributed by atoms with Crippen LogP contribution in [-0.2, 0) is 26.4 Å². The zero-order chi connectivity index (χ0) is 15.7. The van der Waals surface area contributed by atoms with Gasteiger partial charge in [-0.1, -0.05) is 17.7 Å². The standard InChI is InChI=1S/C12H17ClN2O4S2/c13-12-6-11(4-3-9(12)7-14)21(18,19)15-10-2-1-5-20(16,17)8-10/h3-4,6,10,15H,1-2,5,7-8,14H2. The smallest absolute Gasteiger partial charge is 0.240 e. The number of nitrogens with one attached hydrogen (secondary N) is 1. The molecule has 1 aliphatic heterocycles. The molecule has 6 nitrogen and oxygen atoms in total. The monoisotopic (exact) mass is 352 g/mol. The van der Waals surface area contributed by atoms with Crippen LogP contribution in [0.3, 0.4) is 0 Å². The average Bonchev–Trinajstić information content (AvgIpc) is 2.36. The van der Waals surface area contributed by atoms with Crippen molar-refractivity contribution in [2.75, 3.05) is 11.5 Å². The first-order chi connectivity index (χ1) is 9.73. The second-order valence-corrected chi connectivity index (χ2v) is 9.38. The Morgan fingerprint density at radius 1 is 1.38 bits per heavy atom. The van der Waals surface area contributed by atoms with Gasteiger partial charge in [0.2, 0.25) is 10.0 Å². The summed E-state index contributed by atoms with van der Waals surface area (Å²) in [6.07, 6.45) is 0.968. The summed E-state index contributed by atoms with van der Waals surface area (Å²) in [6, 6.07) is 3.69. The molecule has 1 aliphatic rings. The van der Waals surface area contributed by atoms with Crippen molar-refractivity contribution in [3.05, 3.63) is 28.8 Å². The van der Waals surface area contributed by atoms with Crippen LogP contribution in [0, 0.1) is 0 Å². The Morgan fingerprint density at radius 2 is 2.10 bits per heavy atom. The Morgan fingerprint density at radius 3 is 2.67 bits per heavy atom. The Hall–Kier alpha value is -0.670. The fourth-order valence-corrected chi connectivity index (χ4v) is 5.62. The van der Waals surface area contributed by atoms with Crippen LogP contribution in [0.5, 0.6) is 0 Å². The molecule has 1 heterocycles. The lowest BCUT2D eigenvalue weighted by Gasteiger charge is -2.23. The molecule has 2 rings (SSSR count). The van der Waals surface area contributed by atoms with Gasteiger partial charge in [-0.25, -0.2) is 21.6 Å². The molecule has 0 aliphatic carbocycles. The number of rotatable bonds is 4. The number of nitrogens with two attached hydrogens (primary N) is 1. The molecule has 3 N–H and O–H groups in total. The van der Waals surface area contributed by atoms with E-state index < -0.39 is 25.9 Å². The van der Waals surface area contributed by atoms with Crippen molar-refractivity contribution in [3.8, 4) is 0 Å². The van der Waals surface area contributed by atoms with Gasteiger partial charge in [0.05, 0.1) is 16.4 Å². The highest BCUT2D eigenvalue weighted by atomic mass is 35.5. The van der Waals surface area contributed by atoms with Crippen LogP contribution < -0.4 is 10.5 Å². The van der Waals surface area contributed by atoms with E-state index in [1.54, 1.807) is 6.07 Å². The predicted octanol–water partition coefficient (Wildman–Crippen LogP) is 0.654. The predicted molar refractivity (Wildman–Crippen MR) is 81.3 cm³/mol.